The summed E-state index contributed by atoms with van der Waals surface area (Å²) in [5.74, 6) is 0.199. The SMILES string of the molecule is Cc1ccc(NC(=O)NCC2CCCC2O)c(C)c1. The van der Waals surface area contributed by atoms with Gasteiger partial charge in [-0.25, -0.2) is 4.79 Å². The normalized spacial score (nSPS) is 22.3. The summed E-state index contributed by atoms with van der Waals surface area (Å²) in [5.41, 5.74) is 3.06. The van der Waals surface area contributed by atoms with E-state index in [2.05, 4.69) is 10.6 Å². The van der Waals surface area contributed by atoms with Crippen molar-refractivity contribution in [3.05, 3.63) is 29.3 Å². The fourth-order valence-corrected chi connectivity index (χ4v) is 2.60. The van der Waals surface area contributed by atoms with Crippen LogP contribution >= 0.6 is 0 Å². The highest BCUT2D eigenvalue weighted by atomic mass is 16.3. The molecule has 1 aromatic carbocycles. The molecule has 1 fully saturated rings. The molecule has 0 aliphatic heterocycles. The Morgan fingerprint density at radius 1 is 1.37 bits per heavy atom. The van der Waals surface area contributed by atoms with E-state index in [0.29, 0.717) is 6.54 Å². The van der Waals surface area contributed by atoms with E-state index in [1.807, 2.05) is 32.0 Å². The molecule has 4 nitrogen and oxygen atoms in total. The molecule has 3 N–H and O–H groups in total. The highest BCUT2D eigenvalue weighted by molar-refractivity contribution is 5.90. The topological polar surface area (TPSA) is 61.4 Å². The van der Waals surface area contributed by atoms with Gasteiger partial charge in [0.05, 0.1) is 6.10 Å². The van der Waals surface area contributed by atoms with Gasteiger partial charge in [0, 0.05) is 18.2 Å². The minimum atomic E-state index is -0.263. The number of aliphatic hydroxyl groups excluding tert-OH is 1. The molecule has 0 spiro atoms. The number of amides is 2. The van der Waals surface area contributed by atoms with E-state index >= 15 is 0 Å². The second-order valence-electron chi connectivity index (χ2n) is 5.41. The van der Waals surface area contributed by atoms with E-state index in [0.717, 1.165) is 30.5 Å². The van der Waals surface area contributed by atoms with Crippen molar-refractivity contribution < 1.29 is 9.90 Å². The standard InChI is InChI=1S/C15H22N2O2/c1-10-6-7-13(11(2)8-10)17-15(19)16-9-12-4-3-5-14(12)18/h6-8,12,14,18H,3-5,9H2,1-2H3,(H2,16,17,19). The summed E-state index contributed by atoms with van der Waals surface area (Å²) in [7, 11) is 0. The third-order valence-corrected chi connectivity index (χ3v) is 3.77. The van der Waals surface area contributed by atoms with Gasteiger partial charge >= 0.3 is 6.03 Å². The van der Waals surface area contributed by atoms with Crippen LogP contribution in [0.2, 0.25) is 0 Å². The number of benzene rings is 1. The zero-order valence-corrected chi connectivity index (χ0v) is 11.6. The van der Waals surface area contributed by atoms with Gasteiger partial charge in [0.2, 0.25) is 0 Å². The summed E-state index contributed by atoms with van der Waals surface area (Å²) in [6, 6.07) is 5.72. The molecule has 1 aromatic rings. The van der Waals surface area contributed by atoms with E-state index in [9.17, 15) is 9.90 Å². The van der Waals surface area contributed by atoms with Gasteiger partial charge in [-0.2, -0.15) is 0 Å². The number of carbonyl (C=O) groups excluding carboxylic acids is 1. The number of anilines is 1. The molecule has 19 heavy (non-hydrogen) atoms. The third kappa shape index (κ3) is 3.70. The van der Waals surface area contributed by atoms with Crippen molar-refractivity contribution in [2.75, 3.05) is 11.9 Å². The predicted octanol–water partition coefficient (Wildman–Crippen LogP) is 2.59. The summed E-state index contributed by atoms with van der Waals surface area (Å²) in [4.78, 5) is 11.8. The van der Waals surface area contributed by atoms with Gasteiger partial charge in [-0.05, 0) is 38.3 Å². The van der Waals surface area contributed by atoms with Gasteiger partial charge in [-0.1, -0.05) is 24.1 Å². The highest BCUT2D eigenvalue weighted by Crippen LogP contribution is 2.24. The fraction of sp³-hybridized carbons (Fsp3) is 0.533. The molecule has 0 bridgehead atoms. The zero-order valence-electron chi connectivity index (χ0n) is 11.6. The Morgan fingerprint density at radius 3 is 2.79 bits per heavy atom. The largest absolute Gasteiger partial charge is 0.393 e. The number of aliphatic hydroxyl groups is 1. The quantitative estimate of drug-likeness (QED) is 0.784. The van der Waals surface area contributed by atoms with Crippen molar-refractivity contribution in [1.82, 2.24) is 5.32 Å². The summed E-state index contributed by atoms with van der Waals surface area (Å²) in [6.45, 7) is 4.54. The molecule has 0 aromatic heterocycles. The van der Waals surface area contributed by atoms with Crippen LogP contribution in [-0.2, 0) is 0 Å². The Hall–Kier alpha value is -1.55. The Balaban J connectivity index is 1.84. The Kier molecular flexibility index (Phi) is 4.43. The number of nitrogens with one attached hydrogen (secondary N) is 2. The Labute approximate surface area is 114 Å². The zero-order chi connectivity index (χ0) is 13.8. The lowest BCUT2D eigenvalue weighted by Crippen LogP contribution is -2.35. The molecule has 0 saturated heterocycles. The molecule has 1 aliphatic rings. The van der Waals surface area contributed by atoms with Crippen molar-refractivity contribution >= 4 is 11.7 Å². The van der Waals surface area contributed by atoms with Crippen molar-refractivity contribution in [3.8, 4) is 0 Å². The fourth-order valence-electron chi connectivity index (χ4n) is 2.60. The number of hydrogen-bond donors (Lipinski definition) is 3. The third-order valence-electron chi connectivity index (χ3n) is 3.77. The Bertz CT molecular complexity index is 459. The first-order chi connectivity index (χ1) is 9.06. The monoisotopic (exact) mass is 262 g/mol. The van der Waals surface area contributed by atoms with E-state index in [1.54, 1.807) is 0 Å². The van der Waals surface area contributed by atoms with Crippen LogP contribution in [-0.4, -0.2) is 23.8 Å². The minimum absolute atomic E-state index is 0.199. The van der Waals surface area contributed by atoms with Gasteiger partial charge in [0.15, 0.2) is 0 Å². The van der Waals surface area contributed by atoms with Crippen LogP contribution in [0.3, 0.4) is 0 Å². The first kappa shape index (κ1) is 13.9. The van der Waals surface area contributed by atoms with Gasteiger partial charge < -0.3 is 15.7 Å². The molecule has 1 aliphatic carbocycles. The van der Waals surface area contributed by atoms with E-state index in [-0.39, 0.29) is 18.1 Å². The van der Waals surface area contributed by atoms with Gasteiger partial charge in [-0.15, -0.1) is 0 Å². The van der Waals surface area contributed by atoms with E-state index in [4.69, 9.17) is 0 Å². The number of urea groups is 1. The van der Waals surface area contributed by atoms with Gasteiger partial charge in [0.25, 0.3) is 0 Å². The lowest BCUT2D eigenvalue weighted by atomic mass is 10.1. The molecule has 2 unspecified atom stereocenters. The lowest BCUT2D eigenvalue weighted by molar-refractivity contribution is 0.133. The molecule has 2 atom stereocenters. The highest BCUT2D eigenvalue weighted by Gasteiger charge is 2.25. The summed E-state index contributed by atoms with van der Waals surface area (Å²) in [5, 5.41) is 15.4. The number of rotatable bonds is 3. The van der Waals surface area contributed by atoms with Crippen LogP contribution in [0.25, 0.3) is 0 Å². The number of hydrogen-bond acceptors (Lipinski definition) is 2. The smallest absolute Gasteiger partial charge is 0.319 e. The second kappa shape index (κ2) is 6.06. The van der Waals surface area contributed by atoms with Crippen LogP contribution in [0, 0.1) is 19.8 Å². The Morgan fingerprint density at radius 2 is 2.16 bits per heavy atom. The van der Waals surface area contributed by atoms with Crippen LogP contribution < -0.4 is 10.6 Å². The molecule has 0 radical (unpaired) electrons. The van der Waals surface area contributed by atoms with Crippen LogP contribution in [0.15, 0.2) is 18.2 Å². The number of aryl methyl sites for hydroxylation is 2. The molecular formula is C15H22N2O2. The van der Waals surface area contributed by atoms with E-state index < -0.39 is 0 Å². The predicted molar refractivity (Wildman–Crippen MR) is 76.3 cm³/mol. The van der Waals surface area contributed by atoms with Crippen LogP contribution in [0.5, 0.6) is 0 Å². The summed E-state index contributed by atoms with van der Waals surface area (Å²) >= 11 is 0. The van der Waals surface area contributed by atoms with Crippen molar-refractivity contribution in [2.45, 2.75) is 39.2 Å². The first-order valence-electron chi connectivity index (χ1n) is 6.86. The van der Waals surface area contributed by atoms with Gasteiger partial charge in [-0.3, -0.25) is 0 Å². The summed E-state index contributed by atoms with van der Waals surface area (Å²) < 4.78 is 0. The maximum absolute atomic E-state index is 11.8. The minimum Gasteiger partial charge on any atom is -0.393 e. The molecule has 4 heteroatoms. The van der Waals surface area contributed by atoms with E-state index in [1.165, 1.54) is 5.56 Å². The number of carbonyl (C=O) groups is 1. The molecule has 104 valence electrons. The molecular weight excluding hydrogens is 240 g/mol. The first-order valence-corrected chi connectivity index (χ1v) is 6.86. The van der Waals surface area contributed by atoms with Crippen LogP contribution in [0.4, 0.5) is 10.5 Å². The van der Waals surface area contributed by atoms with Crippen molar-refractivity contribution in [2.24, 2.45) is 5.92 Å². The maximum Gasteiger partial charge on any atom is 0.319 e. The average Bonchev–Trinajstić information content (AvgIpc) is 2.76. The van der Waals surface area contributed by atoms with Crippen LogP contribution in [0.1, 0.15) is 30.4 Å². The molecule has 0 heterocycles. The maximum atomic E-state index is 11.8. The average molecular weight is 262 g/mol. The van der Waals surface area contributed by atoms with Gasteiger partial charge in [0.1, 0.15) is 0 Å². The second-order valence-corrected chi connectivity index (χ2v) is 5.41. The summed E-state index contributed by atoms with van der Waals surface area (Å²) in [6.07, 6.45) is 2.63. The van der Waals surface area contributed by atoms with Crippen molar-refractivity contribution in [1.29, 1.82) is 0 Å². The van der Waals surface area contributed by atoms with Crippen molar-refractivity contribution in [3.63, 3.8) is 0 Å². The lowest BCUT2D eigenvalue weighted by Gasteiger charge is -2.16. The molecule has 1 saturated carbocycles. The molecule has 2 rings (SSSR count). The molecule has 2 amide bonds.